The molecule has 1 saturated heterocycles. The van der Waals surface area contributed by atoms with Crippen molar-refractivity contribution in [3.05, 3.63) is 5.28 Å². The van der Waals surface area contributed by atoms with Gasteiger partial charge in [0.1, 0.15) is 0 Å². The molecule has 1 aliphatic rings. The summed E-state index contributed by atoms with van der Waals surface area (Å²) in [5.74, 6) is 0.223. The quantitative estimate of drug-likeness (QED) is 0.759. The van der Waals surface area contributed by atoms with Crippen LogP contribution >= 0.6 is 11.6 Å². The van der Waals surface area contributed by atoms with Crippen LogP contribution in [0.5, 0.6) is 0 Å². The van der Waals surface area contributed by atoms with Crippen LogP contribution in [0.15, 0.2) is 0 Å². The molecule has 7 nitrogen and oxygen atoms in total. The summed E-state index contributed by atoms with van der Waals surface area (Å²) in [7, 11) is 0. The molecule has 0 aliphatic carbocycles. The second kappa shape index (κ2) is 4.70. The summed E-state index contributed by atoms with van der Waals surface area (Å²) in [5.41, 5.74) is 10.8. The van der Waals surface area contributed by atoms with E-state index in [9.17, 15) is 4.79 Å². The van der Waals surface area contributed by atoms with Crippen molar-refractivity contribution >= 4 is 29.4 Å². The van der Waals surface area contributed by atoms with E-state index in [0.29, 0.717) is 31.9 Å². The van der Waals surface area contributed by atoms with Crippen LogP contribution in [-0.2, 0) is 4.79 Å². The number of anilines is 2. The third-order valence-electron chi connectivity index (χ3n) is 2.79. The number of nitrogen functional groups attached to an aromatic ring is 1. The van der Waals surface area contributed by atoms with Gasteiger partial charge in [0.15, 0.2) is 0 Å². The lowest BCUT2D eigenvalue weighted by Crippen LogP contribution is -2.39. The highest BCUT2D eigenvalue weighted by Gasteiger charge is 2.24. The minimum atomic E-state index is -0.252. The van der Waals surface area contributed by atoms with E-state index in [1.165, 1.54) is 0 Å². The lowest BCUT2D eigenvalue weighted by molar-refractivity contribution is -0.122. The van der Waals surface area contributed by atoms with E-state index < -0.39 is 0 Å². The van der Waals surface area contributed by atoms with Gasteiger partial charge in [-0.15, -0.1) is 0 Å². The molecular formula is C9H13ClN6O. The monoisotopic (exact) mass is 256 g/mol. The van der Waals surface area contributed by atoms with Crippen LogP contribution in [0, 0.1) is 5.92 Å². The van der Waals surface area contributed by atoms with Crippen molar-refractivity contribution in [1.29, 1.82) is 0 Å². The largest absolute Gasteiger partial charge is 0.369 e. The highest BCUT2D eigenvalue weighted by molar-refractivity contribution is 6.28. The van der Waals surface area contributed by atoms with Crippen LogP contribution in [-0.4, -0.2) is 33.9 Å². The predicted molar refractivity (Wildman–Crippen MR) is 63.4 cm³/mol. The van der Waals surface area contributed by atoms with E-state index in [2.05, 4.69) is 15.0 Å². The molecular weight excluding hydrogens is 244 g/mol. The zero-order valence-corrected chi connectivity index (χ0v) is 9.89. The molecule has 2 rings (SSSR count). The molecule has 0 aromatic carbocycles. The third kappa shape index (κ3) is 2.73. The molecule has 0 spiro atoms. The Labute approximate surface area is 103 Å². The van der Waals surface area contributed by atoms with E-state index in [1.807, 2.05) is 4.90 Å². The normalized spacial score (nSPS) is 17.1. The Morgan fingerprint density at radius 1 is 1.29 bits per heavy atom. The Morgan fingerprint density at radius 2 is 1.94 bits per heavy atom. The number of hydrogen-bond acceptors (Lipinski definition) is 6. The highest BCUT2D eigenvalue weighted by atomic mass is 35.5. The highest BCUT2D eigenvalue weighted by Crippen LogP contribution is 2.21. The van der Waals surface area contributed by atoms with Crippen molar-refractivity contribution in [2.75, 3.05) is 23.7 Å². The fourth-order valence-electron chi connectivity index (χ4n) is 1.86. The molecule has 1 aromatic heterocycles. The molecule has 92 valence electrons. The van der Waals surface area contributed by atoms with Crippen LogP contribution in [0.1, 0.15) is 12.8 Å². The van der Waals surface area contributed by atoms with Crippen LogP contribution in [0.25, 0.3) is 0 Å². The molecule has 1 aromatic rings. The molecule has 0 atom stereocenters. The van der Waals surface area contributed by atoms with Gasteiger partial charge >= 0.3 is 0 Å². The Balaban J connectivity index is 2.07. The van der Waals surface area contributed by atoms with Gasteiger partial charge in [0, 0.05) is 19.0 Å². The molecule has 4 N–H and O–H groups in total. The van der Waals surface area contributed by atoms with Crippen LogP contribution < -0.4 is 16.4 Å². The Kier molecular flexibility index (Phi) is 3.28. The summed E-state index contributed by atoms with van der Waals surface area (Å²) in [6.07, 6.45) is 1.39. The van der Waals surface area contributed by atoms with Gasteiger partial charge in [0.25, 0.3) is 0 Å². The second-order valence-corrected chi connectivity index (χ2v) is 4.26. The first kappa shape index (κ1) is 11.8. The van der Waals surface area contributed by atoms with Crippen LogP contribution in [0.2, 0.25) is 5.28 Å². The van der Waals surface area contributed by atoms with Crippen LogP contribution in [0.3, 0.4) is 0 Å². The summed E-state index contributed by atoms with van der Waals surface area (Å²) in [6, 6.07) is 0. The van der Waals surface area contributed by atoms with Gasteiger partial charge in [-0.2, -0.15) is 15.0 Å². The molecule has 0 saturated carbocycles. The summed E-state index contributed by atoms with van der Waals surface area (Å²) in [4.78, 5) is 24.6. The summed E-state index contributed by atoms with van der Waals surface area (Å²) in [5, 5.41) is 0.0736. The van der Waals surface area contributed by atoms with Gasteiger partial charge in [-0.1, -0.05) is 0 Å². The number of aromatic nitrogens is 3. The van der Waals surface area contributed by atoms with Crippen molar-refractivity contribution in [2.24, 2.45) is 11.7 Å². The Morgan fingerprint density at radius 3 is 2.47 bits per heavy atom. The average Bonchev–Trinajstić information content (AvgIpc) is 2.28. The first-order valence-corrected chi connectivity index (χ1v) is 5.65. The van der Waals surface area contributed by atoms with E-state index in [1.54, 1.807) is 0 Å². The maximum Gasteiger partial charge on any atom is 0.231 e. The van der Waals surface area contributed by atoms with Crippen molar-refractivity contribution in [3.8, 4) is 0 Å². The van der Waals surface area contributed by atoms with Crippen molar-refractivity contribution in [3.63, 3.8) is 0 Å². The topological polar surface area (TPSA) is 111 Å². The number of nitrogens with zero attached hydrogens (tertiary/aromatic N) is 4. The van der Waals surface area contributed by atoms with Gasteiger partial charge in [-0.25, -0.2) is 0 Å². The van der Waals surface area contributed by atoms with Crippen LogP contribution in [0.4, 0.5) is 11.9 Å². The standard InChI is InChI=1S/C9H13ClN6O/c10-7-13-8(12)15-9(14-7)16-3-1-5(2-4-16)6(11)17/h5H,1-4H2,(H2,11,17)(H2,12,13,14,15). The first-order chi connectivity index (χ1) is 8.06. The molecule has 0 bridgehead atoms. The molecule has 1 aliphatic heterocycles. The summed E-state index contributed by atoms with van der Waals surface area (Å²) >= 11 is 5.71. The first-order valence-electron chi connectivity index (χ1n) is 5.27. The number of piperidine rings is 1. The van der Waals surface area contributed by atoms with E-state index in [4.69, 9.17) is 23.1 Å². The SMILES string of the molecule is NC(=O)C1CCN(c2nc(N)nc(Cl)n2)CC1. The smallest absolute Gasteiger partial charge is 0.231 e. The fourth-order valence-corrected chi connectivity index (χ4v) is 2.02. The van der Waals surface area contributed by atoms with Crippen molar-refractivity contribution in [2.45, 2.75) is 12.8 Å². The van der Waals surface area contributed by atoms with Gasteiger partial charge < -0.3 is 16.4 Å². The second-order valence-electron chi connectivity index (χ2n) is 3.93. The Bertz CT molecular complexity index is 411. The van der Waals surface area contributed by atoms with Gasteiger partial charge in [0.2, 0.25) is 23.1 Å². The fraction of sp³-hybridized carbons (Fsp3) is 0.556. The van der Waals surface area contributed by atoms with Crippen molar-refractivity contribution in [1.82, 2.24) is 15.0 Å². The van der Waals surface area contributed by atoms with E-state index in [0.717, 1.165) is 0 Å². The number of carbonyl (C=O) groups is 1. The number of carbonyl (C=O) groups excluding carboxylic acids is 1. The summed E-state index contributed by atoms with van der Waals surface area (Å²) in [6.45, 7) is 1.32. The molecule has 8 heteroatoms. The predicted octanol–water partition coefficient (Wildman–Crippen LogP) is -0.191. The lowest BCUT2D eigenvalue weighted by atomic mass is 9.97. The molecule has 2 heterocycles. The number of rotatable bonds is 2. The lowest BCUT2D eigenvalue weighted by Gasteiger charge is -2.30. The van der Waals surface area contributed by atoms with Gasteiger partial charge in [-0.05, 0) is 24.4 Å². The minimum Gasteiger partial charge on any atom is -0.369 e. The number of halogens is 1. The number of nitrogens with two attached hydrogens (primary N) is 2. The number of amides is 1. The zero-order chi connectivity index (χ0) is 12.4. The zero-order valence-electron chi connectivity index (χ0n) is 9.14. The van der Waals surface area contributed by atoms with E-state index >= 15 is 0 Å². The number of hydrogen-bond donors (Lipinski definition) is 2. The van der Waals surface area contributed by atoms with Crippen molar-refractivity contribution < 1.29 is 4.79 Å². The minimum absolute atomic E-state index is 0.0686. The maximum atomic E-state index is 11.0. The van der Waals surface area contributed by atoms with Gasteiger partial charge in [-0.3, -0.25) is 4.79 Å². The molecule has 0 unspecified atom stereocenters. The average molecular weight is 257 g/mol. The Hall–Kier alpha value is -1.63. The molecule has 1 amide bonds. The third-order valence-corrected chi connectivity index (χ3v) is 2.96. The number of primary amides is 1. The van der Waals surface area contributed by atoms with E-state index in [-0.39, 0.29) is 23.1 Å². The summed E-state index contributed by atoms with van der Waals surface area (Å²) < 4.78 is 0. The maximum absolute atomic E-state index is 11.0. The molecule has 17 heavy (non-hydrogen) atoms. The molecule has 0 radical (unpaired) electrons. The van der Waals surface area contributed by atoms with Gasteiger partial charge in [0.05, 0.1) is 0 Å². The molecule has 1 fully saturated rings.